The van der Waals surface area contributed by atoms with Crippen molar-refractivity contribution in [1.82, 2.24) is 0 Å². The number of fused-ring (bicyclic) bond motifs is 1. The van der Waals surface area contributed by atoms with E-state index >= 15 is 0 Å². The largest absolute Gasteiger partial charge is 0.304 e. The van der Waals surface area contributed by atoms with Crippen LogP contribution in [0.1, 0.15) is 12.5 Å². The van der Waals surface area contributed by atoms with Crippen LogP contribution in [0.4, 0.5) is 0 Å². The Bertz CT molecular complexity index is 423. The van der Waals surface area contributed by atoms with Crippen LogP contribution in [0.2, 0.25) is 0 Å². The molecule has 0 aliphatic heterocycles. The Labute approximate surface area is 98.2 Å². The third-order valence-electron chi connectivity index (χ3n) is 2.09. The van der Waals surface area contributed by atoms with Gasteiger partial charge >= 0.3 is 0 Å². The maximum absolute atomic E-state index is 8.81. The maximum Gasteiger partial charge on any atom is 0.116 e. The number of halogens is 1. The van der Waals surface area contributed by atoms with Crippen LogP contribution in [0, 0.1) is 6.92 Å². The lowest BCUT2D eigenvalue weighted by Crippen LogP contribution is -1.78. The number of carbonyl (C=O) groups is 1. The molecule has 0 bridgehead atoms. The normalized spacial score (nSPS) is 9.27. The summed E-state index contributed by atoms with van der Waals surface area (Å²) in [7, 11) is 0. The van der Waals surface area contributed by atoms with Gasteiger partial charge in [-0.2, -0.15) is 0 Å². The molecule has 78 valence electrons. The zero-order valence-electron chi connectivity index (χ0n) is 8.83. The molecule has 0 aliphatic rings. The molecule has 0 amide bonds. The summed E-state index contributed by atoms with van der Waals surface area (Å²) in [5, 5.41) is 2.62. The average Bonchev–Trinajstić information content (AvgIpc) is 2.25. The van der Waals surface area contributed by atoms with Crippen molar-refractivity contribution >= 4 is 33.0 Å². The first-order valence-corrected chi connectivity index (χ1v) is 5.53. The highest BCUT2D eigenvalue weighted by molar-refractivity contribution is 9.10. The first-order chi connectivity index (χ1) is 7.20. The second-order valence-electron chi connectivity index (χ2n) is 3.15. The number of hydrogen-bond donors (Lipinski definition) is 0. The van der Waals surface area contributed by atoms with Crippen LogP contribution < -0.4 is 0 Å². The molecule has 0 radical (unpaired) electrons. The van der Waals surface area contributed by atoms with Gasteiger partial charge in [0.2, 0.25) is 0 Å². The minimum atomic E-state index is 0.750. The Morgan fingerprint density at radius 1 is 1.07 bits per heavy atom. The highest BCUT2D eigenvalue weighted by atomic mass is 79.9. The highest BCUT2D eigenvalue weighted by Crippen LogP contribution is 2.25. The van der Waals surface area contributed by atoms with Gasteiger partial charge in [-0.05, 0) is 36.2 Å². The van der Waals surface area contributed by atoms with Crippen LogP contribution in [0.25, 0.3) is 10.8 Å². The predicted octanol–water partition coefficient (Wildman–Crippen LogP) is 4.12. The first kappa shape index (κ1) is 11.9. The van der Waals surface area contributed by atoms with Crippen molar-refractivity contribution in [1.29, 1.82) is 0 Å². The van der Waals surface area contributed by atoms with Crippen molar-refractivity contribution in [2.45, 2.75) is 13.8 Å². The lowest BCUT2D eigenvalue weighted by atomic mass is 10.1. The van der Waals surface area contributed by atoms with E-state index in [2.05, 4.69) is 59.3 Å². The van der Waals surface area contributed by atoms with Gasteiger partial charge in [0.1, 0.15) is 6.29 Å². The zero-order valence-corrected chi connectivity index (χ0v) is 10.4. The summed E-state index contributed by atoms with van der Waals surface area (Å²) in [5.74, 6) is 0. The van der Waals surface area contributed by atoms with Crippen LogP contribution in [0.3, 0.4) is 0 Å². The van der Waals surface area contributed by atoms with Crippen molar-refractivity contribution in [3.8, 4) is 0 Å². The maximum atomic E-state index is 8.81. The lowest BCUT2D eigenvalue weighted by Gasteiger charge is -2.02. The second kappa shape index (κ2) is 5.66. The van der Waals surface area contributed by atoms with Crippen LogP contribution in [-0.2, 0) is 4.79 Å². The fraction of sp³-hybridized carbons (Fsp3) is 0.154. The van der Waals surface area contributed by atoms with E-state index in [1.807, 2.05) is 0 Å². The number of rotatable bonds is 0. The SMILES string of the molecule is CC=O.Cc1ccc(Br)c2ccccc12. The Hall–Kier alpha value is -1.15. The Balaban J connectivity index is 0.000000337. The molecule has 0 heterocycles. The van der Waals surface area contributed by atoms with Crippen LogP contribution in [0.5, 0.6) is 0 Å². The topological polar surface area (TPSA) is 17.1 Å². The molecule has 2 aromatic rings. The van der Waals surface area contributed by atoms with E-state index < -0.39 is 0 Å². The smallest absolute Gasteiger partial charge is 0.116 e. The third kappa shape index (κ3) is 2.90. The molecule has 1 nitrogen and oxygen atoms in total. The fourth-order valence-electron chi connectivity index (χ4n) is 1.41. The van der Waals surface area contributed by atoms with Crippen LogP contribution in [-0.4, -0.2) is 6.29 Å². The highest BCUT2D eigenvalue weighted by Gasteiger charge is 1.98. The monoisotopic (exact) mass is 264 g/mol. The van der Waals surface area contributed by atoms with Crippen molar-refractivity contribution in [2.24, 2.45) is 0 Å². The van der Waals surface area contributed by atoms with Crippen LogP contribution in [0.15, 0.2) is 40.9 Å². The molecule has 0 saturated heterocycles. The molecule has 2 rings (SSSR count). The summed E-state index contributed by atoms with van der Waals surface area (Å²) in [5.41, 5.74) is 1.33. The number of hydrogen-bond acceptors (Lipinski definition) is 1. The second-order valence-corrected chi connectivity index (χ2v) is 4.00. The van der Waals surface area contributed by atoms with Crippen molar-refractivity contribution in [3.05, 3.63) is 46.4 Å². The minimum absolute atomic E-state index is 0.750. The van der Waals surface area contributed by atoms with E-state index in [1.165, 1.54) is 27.7 Å². The quantitative estimate of drug-likeness (QED) is 0.655. The summed E-state index contributed by atoms with van der Waals surface area (Å²) in [6, 6.07) is 12.6. The van der Waals surface area contributed by atoms with Gasteiger partial charge in [0.05, 0.1) is 0 Å². The summed E-state index contributed by atoms with van der Waals surface area (Å²) in [6.07, 6.45) is 0.750. The third-order valence-corrected chi connectivity index (χ3v) is 2.78. The summed E-state index contributed by atoms with van der Waals surface area (Å²) in [6.45, 7) is 3.58. The van der Waals surface area contributed by atoms with Gasteiger partial charge in [0.15, 0.2) is 0 Å². The van der Waals surface area contributed by atoms with Gasteiger partial charge in [0, 0.05) is 4.47 Å². The van der Waals surface area contributed by atoms with Gasteiger partial charge in [0.25, 0.3) is 0 Å². The Morgan fingerprint density at radius 3 is 2.13 bits per heavy atom. The Kier molecular flexibility index (Phi) is 4.50. The predicted molar refractivity (Wildman–Crippen MR) is 68.1 cm³/mol. The van der Waals surface area contributed by atoms with E-state index in [-0.39, 0.29) is 0 Å². The molecule has 0 N–H and O–H groups in total. The zero-order chi connectivity index (χ0) is 11.3. The van der Waals surface area contributed by atoms with Crippen molar-refractivity contribution in [3.63, 3.8) is 0 Å². The minimum Gasteiger partial charge on any atom is -0.304 e. The van der Waals surface area contributed by atoms with E-state index in [1.54, 1.807) is 0 Å². The molecule has 2 aromatic carbocycles. The van der Waals surface area contributed by atoms with Crippen molar-refractivity contribution < 1.29 is 4.79 Å². The summed E-state index contributed by atoms with van der Waals surface area (Å²) in [4.78, 5) is 8.81. The molecule has 15 heavy (non-hydrogen) atoms. The number of aldehydes is 1. The summed E-state index contributed by atoms with van der Waals surface area (Å²) >= 11 is 3.53. The molecular formula is C13H13BrO. The molecule has 0 unspecified atom stereocenters. The van der Waals surface area contributed by atoms with E-state index in [4.69, 9.17) is 4.79 Å². The van der Waals surface area contributed by atoms with E-state index in [0.717, 1.165) is 6.29 Å². The number of carbonyl (C=O) groups excluding carboxylic acids is 1. The fourth-order valence-corrected chi connectivity index (χ4v) is 1.89. The van der Waals surface area contributed by atoms with Gasteiger partial charge in [-0.25, -0.2) is 0 Å². The number of aryl methyl sites for hydroxylation is 1. The van der Waals surface area contributed by atoms with Gasteiger partial charge < -0.3 is 4.79 Å². The molecule has 0 spiro atoms. The van der Waals surface area contributed by atoms with Crippen LogP contribution >= 0.6 is 15.9 Å². The molecule has 0 fully saturated rings. The molecular weight excluding hydrogens is 252 g/mol. The molecule has 0 atom stereocenters. The Morgan fingerprint density at radius 2 is 1.60 bits per heavy atom. The molecule has 2 heteroatoms. The lowest BCUT2D eigenvalue weighted by molar-refractivity contribution is -0.106. The number of benzene rings is 2. The van der Waals surface area contributed by atoms with Gasteiger partial charge in [-0.3, -0.25) is 0 Å². The molecule has 0 saturated carbocycles. The molecule has 0 aliphatic carbocycles. The first-order valence-electron chi connectivity index (χ1n) is 4.74. The van der Waals surface area contributed by atoms with E-state index in [9.17, 15) is 0 Å². The standard InChI is InChI=1S/C11H9Br.C2H4O/c1-8-6-7-11(12)10-5-3-2-4-9(8)10;1-2-3/h2-7H,1H3;2H,1H3. The van der Waals surface area contributed by atoms with Gasteiger partial charge in [-0.15, -0.1) is 0 Å². The van der Waals surface area contributed by atoms with E-state index in [0.29, 0.717) is 0 Å². The summed E-state index contributed by atoms with van der Waals surface area (Å²) < 4.78 is 1.17. The van der Waals surface area contributed by atoms with Crippen molar-refractivity contribution in [2.75, 3.05) is 0 Å². The average molecular weight is 265 g/mol. The van der Waals surface area contributed by atoms with Gasteiger partial charge in [-0.1, -0.05) is 46.3 Å². The molecule has 0 aromatic heterocycles.